The number of rotatable bonds is 3. The van der Waals surface area contributed by atoms with Crippen LogP contribution in [0.2, 0.25) is 0 Å². The Labute approximate surface area is 162 Å². The summed E-state index contributed by atoms with van der Waals surface area (Å²) in [7, 11) is 2.97. The molecule has 0 amide bonds. The summed E-state index contributed by atoms with van der Waals surface area (Å²) >= 11 is 0. The van der Waals surface area contributed by atoms with Gasteiger partial charge in [0.15, 0.2) is 11.5 Å². The molecule has 7 heteroatoms. The molecule has 2 fully saturated rings. The second-order valence-corrected chi connectivity index (χ2v) is 7.90. The first-order valence-corrected chi connectivity index (χ1v) is 9.59. The maximum absolute atomic E-state index is 13.3. The fourth-order valence-electron chi connectivity index (χ4n) is 4.36. The van der Waals surface area contributed by atoms with E-state index in [-0.39, 0.29) is 18.2 Å². The van der Waals surface area contributed by atoms with E-state index in [1.807, 2.05) is 18.2 Å². The lowest BCUT2D eigenvalue weighted by Crippen LogP contribution is -2.44. The summed E-state index contributed by atoms with van der Waals surface area (Å²) in [5, 5.41) is 3.91. The van der Waals surface area contributed by atoms with Crippen LogP contribution in [0.5, 0.6) is 11.5 Å². The lowest BCUT2D eigenvalue weighted by atomic mass is 9.86. The van der Waals surface area contributed by atoms with E-state index in [1.54, 1.807) is 7.11 Å². The van der Waals surface area contributed by atoms with Gasteiger partial charge in [0.2, 0.25) is 0 Å². The van der Waals surface area contributed by atoms with Gasteiger partial charge >= 0.3 is 5.97 Å². The monoisotopic (exact) mass is 382 g/mol. The van der Waals surface area contributed by atoms with E-state index in [1.165, 1.54) is 7.11 Å². The molecule has 1 saturated carbocycles. The number of methoxy groups -OCH3 is 2. The van der Waals surface area contributed by atoms with Crippen molar-refractivity contribution in [3.8, 4) is 11.5 Å². The Morgan fingerprint density at radius 1 is 1.32 bits per heavy atom. The zero-order valence-electron chi connectivity index (χ0n) is 15.9. The number of Topliss-reactive ketones (excluding diaryl/α,β-unsaturated/α-hetero) is 1. The number of carbonyl (C=O) groups excluding carboxylic acids is 2. The van der Waals surface area contributed by atoms with Crippen molar-refractivity contribution in [1.82, 2.24) is 10.3 Å². The number of carbonyl (C=O) groups is 2. The highest BCUT2D eigenvalue weighted by Crippen LogP contribution is 2.50. The predicted octanol–water partition coefficient (Wildman–Crippen LogP) is 2.36. The molecule has 1 aromatic heterocycles. The van der Waals surface area contributed by atoms with Crippen LogP contribution in [-0.4, -0.2) is 49.1 Å². The molecule has 146 valence electrons. The molecule has 1 aliphatic carbocycles. The number of pyridine rings is 1. The number of aromatic nitrogens is 1. The molecule has 1 aromatic carbocycles. The van der Waals surface area contributed by atoms with Gasteiger partial charge < -0.3 is 19.5 Å². The van der Waals surface area contributed by atoms with Crippen molar-refractivity contribution in [2.75, 3.05) is 20.8 Å². The Hall–Kier alpha value is -2.67. The average Bonchev–Trinajstić information content (AvgIpc) is 3.47. The zero-order chi connectivity index (χ0) is 19.5. The number of nitrogens with zero attached hydrogens (tertiary/aromatic N) is 1. The lowest BCUT2D eigenvalue weighted by Gasteiger charge is -2.35. The van der Waals surface area contributed by atoms with Gasteiger partial charge in [-0.25, -0.2) is 4.98 Å². The van der Waals surface area contributed by atoms with Crippen LogP contribution >= 0.6 is 0 Å². The molecule has 7 nitrogen and oxygen atoms in total. The standard InChI is InChI=1S/C21H22N2O5/c1-26-12-5-6-14-13(7-12)17-16(24)9-21(8-15(22-10-21)20(25)27-2)28-19(17)18(23-14)11-3-4-11/h5-7,11,15,22H,3-4,8-10H2,1-2H3/t15-,21?/m0/s1. The highest BCUT2D eigenvalue weighted by Gasteiger charge is 2.50. The summed E-state index contributed by atoms with van der Waals surface area (Å²) < 4.78 is 16.7. The first kappa shape index (κ1) is 17.4. The normalized spacial score (nSPS) is 26.2. The van der Waals surface area contributed by atoms with Gasteiger partial charge in [-0.3, -0.25) is 9.59 Å². The summed E-state index contributed by atoms with van der Waals surface area (Å²) in [5.74, 6) is 1.29. The number of ketones is 1. The van der Waals surface area contributed by atoms with Gasteiger partial charge in [0.1, 0.15) is 17.4 Å². The molecule has 3 heterocycles. The minimum absolute atomic E-state index is 0.0242. The van der Waals surface area contributed by atoms with Gasteiger partial charge in [-0.1, -0.05) is 0 Å². The van der Waals surface area contributed by atoms with Gasteiger partial charge in [0.25, 0.3) is 0 Å². The van der Waals surface area contributed by atoms with E-state index in [0.717, 1.165) is 29.4 Å². The van der Waals surface area contributed by atoms with Crippen molar-refractivity contribution in [3.63, 3.8) is 0 Å². The second kappa shape index (κ2) is 6.17. The largest absolute Gasteiger partial charge is 0.497 e. The van der Waals surface area contributed by atoms with Crippen LogP contribution in [0.15, 0.2) is 18.2 Å². The van der Waals surface area contributed by atoms with Gasteiger partial charge in [0.05, 0.1) is 37.4 Å². The third-order valence-electron chi connectivity index (χ3n) is 5.95. The Morgan fingerprint density at radius 3 is 2.86 bits per heavy atom. The predicted molar refractivity (Wildman–Crippen MR) is 101 cm³/mol. The van der Waals surface area contributed by atoms with Crippen molar-refractivity contribution in [2.24, 2.45) is 0 Å². The van der Waals surface area contributed by atoms with E-state index in [2.05, 4.69) is 5.32 Å². The Balaban J connectivity index is 1.63. The number of hydrogen-bond donors (Lipinski definition) is 1. The van der Waals surface area contributed by atoms with Crippen molar-refractivity contribution in [2.45, 2.75) is 43.2 Å². The maximum atomic E-state index is 13.3. The van der Waals surface area contributed by atoms with E-state index in [0.29, 0.717) is 35.9 Å². The third-order valence-corrected chi connectivity index (χ3v) is 5.95. The SMILES string of the molecule is COC(=O)[C@@H]1CC2(CN1)CC(=O)c1c(c(C3CC3)nc3ccc(OC)cc13)O2. The number of esters is 1. The minimum atomic E-state index is -0.735. The molecule has 0 radical (unpaired) electrons. The van der Waals surface area contributed by atoms with E-state index >= 15 is 0 Å². The van der Waals surface area contributed by atoms with Crippen LogP contribution < -0.4 is 14.8 Å². The van der Waals surface area contributed by atoms with Gasteiger partial charge in [0, 0.05) is 24.3 Å². The smallest absolute Gasteiger partial charge is 0.323 e. The summed E-state index contributed by atoms with van der Waals surface area (Å²) in [5.41, 5.74) is 1.51. The van der Waals surface area contributed by atoms with Gasteiger partial charge in [-0.15, -0.1) is 0 Å². The number of nitrogens with one attached hydrogen (secondary N) is 1. The number of benzene rings is 1. The van der Waals surface area contributed by atoms with E-state index in [4.69, 9.17) is 19.2 Å². The van der Waals surface area contributed by atoms with Crippen LogP contribution in [0.25, 0.3) is 10.9 Å². The molecule has 1 N–H and O–H groups in total. The maximum Gasteiger partial charge on any atom is 0.323 e. The number of ether oxygens (including phenoxy) is 3. The average molecular weight is 382 g/mol. The Bertz CT molecular complexity index is 1000. The number of hydrogen-bond acceptors (Lipinski definition) is 7. The molecule has 5 rings (SSSR count). The first-order valence-electron chi connectivity index (χ1n) is 9.59. The van der Waals surface area contributed by atoms with Gasteiger partial charge in [-0.05, 0) is 31.0 Å². The topological polar surface area (TPSA) is 86.8 Å². The molecule has 28 heavy (non-hydrogen) atoms. The third kappa shape index (κ3) is 2.64. The van der Waals surface area contributed by atoms with E-state index in [9.17, 15) is 9.59 Å². The summed E-state index contributed by atoms with van der Waals surface area (Å²) in [6.07, 6.45) is 2.73. The highest BCUT2D eigenvalue weighted by atomic mass is 16.5. The fraction of sp³-hybridized carbons (Fsp3) is 0.476. The number of fused-ring (bicyclic) bond motifs is 3. The molecule has 0 bridgehead atoms. The lowest BCUT2D eigenvalue weighted by molar-refractivity contribution is -0.143. The molecule has 1 spiro atoms. The molecule has 2 aliphatic heterocycles. The van der Waals surface area contributed by atoms with E-state index < -0.39 is 11.6 Å². The molecular weight excluding hydrogens is 360 g/mol. The molecule has 2 aromatic rings. The fourth-order valence-corrected chi connectivity index (χ4v) is 4.36. The molecule has 1 saturated heterocycles. The second-order valence-electron chi connectivity index (χ2n) is 7.90. The zero-order valence-corrected chi connectivity index (χ0v) is 15.9. The van der Waals surface area contributed by atoms with Crippen molar-refractivity contribution < 1.29 is 23.8 Å². The van der Waals surface area contributed by atoms with Crippen LogP contribution in [0, 0.1) is 0 Å². The summed E-state index contributed by atoms with van der Waals surface area (Å²) in [6, 6.07) is 5.14. The molecule has 3 aliphatic rings. The van der Waals surface area contributed by atoms with Crippen molar-refractivity contribution in [3.05, 3.63) is 29.5 Å². The van der Waals surface area contributed by atoms with Crippen LogP contribution in [0.4, 0.5) is 0 Å². The Kier molecular flexibility index (Phi) is 3.84. The van der Waals surface area contributed by atoms with Crippen molar-refractivity contribution >= 4 is 22.7 Å². The highest BCUT2D eigenvalue weighted by molar-refractivity contribution is 6.11. The quantitative estimate of drug-likeness (QED) is 0.816. The minimum Gasteiger partial charge on any atom is -0.497 e. The molecular formula is C21H22N2O5. The Morgan fingerprint density at radius 2 is 2.14 bits per heavy atom. The van der Waals surface area contributed by atoms with Crippen LogP contribution in [0.3, 0.4) is 0 Å². The van der Waals surface area contributed by atoms with Crippen LogP contribution in [0.1, 0.15) is 47.7 Å². The van der Waals surface area contributed by atoms with Gasteiger partial charge in [-0.2, -0.15) is 0 Å². The first-order chi connectivity index (χ1) is 13.5. The summed E-state index contributed by atoms with van der Waals surface area (Å²) in [4.78, 5) is 30.1. The molecule has 1 unspecified atom stereocenters. The summed E-state index contributed by atoms with van der Waals surface area (Å²) in [6.45, 7) is 0.429. The van der Waals surface area contributed by atoms with Crippen LogP contribution in [-0.2, 0) is 9.53 Å². The molecule has 2 atom stereocenters. The van der Waals surface area contributed by atoms with Crippen molar-refractivity contribution in [1.29, 1.82) is 0 Å².